The van der Waals surface area contributed by atoms with Crippen LogP contribution in [0.4, 0.5) is 0 Å². The van der Waals surface area contributed by atoms with Crippen molar-refractivity contribution in [3.05, 3.63) is 161 Å². The lowest BCUT2D eigenvalue weighted by molar-refractivity contribution is 0.474. The number of benzene rings is 5. The number of nitrogens with one attached hydrogen (secondary N) is 1. The first-order valence-corrected chi connectivity index (χ1v) is 19.3. The zero-order valence-electron chi connectivity index (χ0n) is 30.1. The second kappa shape index (κ2) is 11.4. The van der Waals surface area contributed by atoms with Crippen LogP contribution in [0, 0.1) is 0 Å². The third-order valence-electron chi connectivity index (χ3n) is 12.4. The Labute approximate surface area is 317 Å². The van der Waals surface area contributed by atoms with E-state index in [4.69, 9.17) is 0 Å². The van der Waals surface area contributed by atoms with Crippen LogP contribution in [0.5, 0.6) is 11.5 Å². The summed E-state index contributed by atoms with van der Waals surface area (Å²) in [6, 6.07) is 33.4. The SMILES string of the molecule is Oc1cccc(C2=Cc3c(n(-c4cccnc4)c4c5c6c(cc34)CCc3cc4c7cc(-c8cccc(O)c8)ccc7n(-c7cc[nH]c7)c4c(c3-6)CC5)CC2)c1. The highest BCUT2D eigenvalue weighted by molar-refractivity contribution is 6.14. The Kier molecular flexibility index (Phi) is 6.33. The number of aromatic nitrogens is 4. The molecule has 55 heavy (non-hydrogen) atoms. The zero-order valence-corrected chi connectivity index (χ0v) is 30.1. The molecule has 0 atom stereocenters. The van der Waals surface area contributed by atoms with E-state index in [2.05, 4.69) is 86.0 Å². The first-order chi connectivity index (χ1) is 27.1. The van der Waals surface area contributed by atoms with E-state index in [9.17, 15) is 10.2 Å². The van der Waals surface area contributed by atoms with Gasteiger partial charge in [0.15, 0.2) is 0 Å². The zero-order chi connectivity index (χ0) is 36.4. The summed E-state index contributed by atoms with van der Waals surface area (Å²) in [5.41, 5.74) is 21.7. The number of pyridine rings is 1. The van der Waals surface area contributed by atoms with E-state index in [-0.39, 0.29) is 5.75 Å². The average Bonchev–Trinajstić information content (AvgIpc) is 3.95. The van der Waals surface area contributed by atoms with Gasteiger partial charge in [0.25, 0.3) is 0 Å². The summed E-state index contributed by atoms with van der Waals surface area (Å²) in [6.07, 6.45) is 16.1. The number of hydrogen-bond acceptors (Lipinski definition) is 3. The van der Waals surface area contributed by atoms with Crippen molar-refractivity contribution in [1.82, 2.24) is 19.1 Å². The Hall–Kier alpha value is -6.79. The highest BCUT2D eigenvalue weighted by Gasteiger charge is 2.34. The Morgan fingerprint density at radius 1 is 0.582 bits per heavy atom. The molecule has 0 aliphatic heterocycles. The normalized spacial score (nSPS) is 14.4. The minimum absolute atomic E-state index is 0.276. The summed E-state index contributed by atoms with van der Waals surface area (Å²) >= 11 is 0. The van der Waals surface area contributed by atoms with Crippen molar-refractivity contribution in [3.63, 3.8) is 0 Å². The van der Waals surface area contributed by atoms with Crippen molar-refractivity contribution in [2.45, 2.75) is 38.5 Å². The second-order valence-electron chi connectivity index (χ2n) is 15.4. The quantitative estimate of drug-likeness (QED) is 0.170. The molecule has 0 saturated heterocycles. The molecule has 0 bridgehead atoms. The van der Waals surface area contributed by atoms with E-state index in [1.807, 2.05) is 48.9 Å². The fourth-order valence-corrected chi connectivity index (χ4v) is 10.2. The van der Waals surface area contributed by atoms with E-state index in [1.54, 1.807) is 12.1 Å². The molecule has 264 valence electrons. The van der Waals surface area contributed by atoms with Crippen LogP contribution >= 0.6 is 0 Å². The highest BCUT2D eigenvalue weighted by Crippen LogP contribution is 2.52. The Balaban J connectivity index is 1.14. The predicted molar refractivity (Wildman–Crippen MR) is 221 cm³/mol. The molecular weight excluding hydrogens is 677 g/mol. The van der Waals surface area contributed by atoms with Gasteiger partial charge in [-0.2, -0.15) is 0 Å². The van der Waals surface area contributed by atoms with Gasteiger partial charge in [-0.15, -0.1) is 0 Å². The molecule has 4 heterocycles. The van der Waals surface area contributed by atoms with Crippen LogP contribution in [0.25, 0.3) is 78.0 Å². The van der Waals surface area contributed by atoms with Crippen LogP contribution in [-0.4, -0.2) is 29.3 Å². The molecule has 9 aromatic rings. The van der Waals surface area contributed by atoms with Gasteiger partial charge in [-0.1, -0.05) is 30.3 Å². The lowest BCUT2D eigenvalue weighted by Crippen LogP contribution is -2.16. The van der Waals surface area contributed by atoms with E-state index in [1.165, 1.54) is 82.9 Å². The van der Waals surface area contributed by atoms with Crippen LogP contribution in [0.1, 0.15) is 45.5 Å². The largest absolute Gasteiger partial charge is 0.508 e. The highest BCUT2D eigenvalue weighted by atomic mass is 16.3. The van der Waals surface area contributed by atoms with Gasteiger partial charge >= 0.3 is 0 Å². The monoisotopic (exact) mass is 712 g/mol. The molecule has 0 unspecified atom stereocenters. The van der Waals surface area contributed by atoms with Crippen molar-refractivity contribution < 1.29 is 10.2 Å². The minimum Gasteiger partial charge on any atom is -0.508 e. The topological polar surface area (TPSA) is 79.0 Å². The van der Waals surface area contributed by atoms with Gasteiger partial charge in [0.05, 0.1) is 34.1 Å². The van der Waals surface area contributed by atoms with E-state index in [0.717, 1.165) is 66.6 Å². The Morgan fingerprint density at radius 3 is 2.04 bits per heavy atom. The molecule has 0 spiro atoms. The standard InChI is InChI=1S/C49H36N4O2/c54-36-7-1-4-28(20-36)30-11-15-44-40(22-30)42-24-32-9-10-33-25-43-41-23-31(29-5-2-8-37(55)21-29)12-16-45(41)53(35-17-19-51-27-35)49(43)39-14-13-38(46(32)47(33)39)48(42)52(44)34-6-3-18-50-26-34/h1-8,12,16-27,51,54-55H,9-11,13-15H2. The average molecular weight is 713 g/mol. The van der Waals surface area contributed by atoms with Crippen LogP contribution in [0.2, 0.25) is 0 Å². The van der Waals surface area contributed by atoms with Gasteiger partial charge in [0.2, 0.25) is 0 Å². The van der Waals surface area contributed by atoms with Crippen molar-refractivity contribution in [2.24, 2.45) is 0 Å². The Bertz CT molecular complexity index is 3110. The third-order valence-corrected chi connectivity index (χ3v) is 12.4. The molecule has 0 saturated carbocycles. The number of fused-ring (bicyclic) bond motifs is 8. The molecule has 3 N–H and O–H groups in total. The number of H-pyrrole nitrogens is 1. The molecule has 4 aromatic heterocycles. The molecular formula is C49H36N4O2. The molecule has 3 aliphatic carbocycles. The number of allylic oxidation sites excluding steroid dienone is 1. The van der Waals surface area contributed by atoms with Gasteiger partial charge in [-0.05, 0) is 167 Å². The summed E-state index contributed by atoms with van der Waals surface area (Å²) in [5.74, 6) is 0.578. The van der Waals surface area contributed by atoms with Gasteiger partial charge in [0, 0.05) is 46.0 Å². The van der Waals surface area contributed by atoms with Crippen LogP contribution in [0.3, 0.4) is 0 Å². The first-order valence-electron chi connectivity index (χ1n) is 19.3. The lowest BCUT2D eigenvalue weighted by atomic mass is 9.73. The van der Waals surface area contributed by atoms with Crippen molar-refractivity contribution in [3.8, 4) is 45.1 Å². The van der Waals surface area contributed by atoms with Gasteiger partial charge in [-0.25, -0.2) is 0 Å². The summed E-state index contributed by atoms with van der Waals surface area (Å²) in [4.78, 5) is 7.92. The number of aryl methyl sites for hydroxylation is 4. The van der Waals surface area contributed by atoms with Crippen molar-refractivity contribution in [1.29, 1.82) is 0 Å². The molecule has 6 heteroatoms. The minimum atomic E-state index is 0.276. The molecule has 3 aliphatic rings. The number of aromatic amines is 1. The summed E-state index contributed by atoms with van der Waals surface area (Å²) in [7, 11) is 0. The van der Waals surface area contributed by atoms with Crippen LogP contribution in [0.15, 0.2) is 122 Å². The van der Waals surface area contributed by atoms with Crippen LogP contribution in [-0.2, 0) is 32.1 Å². The Morgan fingerprint density at radius 2 is 1.31 bits per heavy atom. The number of rotatable bonds is 4. The molecule has 6 nitrogen and oxygen atoms in total. The summed E-state index contributed by atoms with van der Waals surface area (Å²) < 4.78 is 4.98. The summed E-state index contributed by atoms with van der Waals surface area (Å²) in [5, 5.41) is 24.5. The van der Waals surface area contributed by atoms with Crippen LogP contribution < -0.4 is 0 Å². The number of hydrogen-bond donors (Lipinski definition) is 3. The van der Waals surface area contributed by atoms with Crippen molar-refractivity contribution in [2.75, 3.05) is 0 Å². The number of phenols is 2. The van der Waals surface area contributed by atoms with E-state index >= 15 is 0 Å². The number of nitrogens with zero attached hydrogens (tertiary/aromatic N) is 3. The predicted octanol–water partition coefficient (Wildman–Crippen LogP) is 10.9. The first kappa shape index (κ1) is 30.6. The number of phenolic OH excluding ortho intramolecular Hbond substituents is 2. The smallest absolute Gasteiger partial charge is 0.116 e. The number of aromatic hydroxyl groups is 2. The van der Waals surface area contributed by atoms with E-state index in [0.29, 0.717) is 5.75 Å². The second-order valence-corrected chi connectivity index (χ2v) is 15.4. The molecule has 12 rings (SSSR count). The molecule has 0 fully saturated rings. The molecule has 5 aromatic carbocycles. The van der Waals surface area contributed by atoms with Gasteiger partial charge in [0.1, 0.15) is 11.5 Å². The maximum atomic E-state index is 10.3. The maximum absolute atomic E-state index is 10.3. The fourth-order valence-electron chi connectivity index (χ4n) is 10.2. The van der Waals surface area contributed by atoms with Gasteiger partial charge < -0.3 is 24.3 Å². The lowest BCUT2D eigenvalue weighted by Gasteiger charge is -2.31. The summed E-state index contributed by atoms with van der Waals surface area (Å²) in [6.45, 7) is 0. The fraction of sp³-hybridized carbons (Fsp3) is 0.122. The van der Waals surface area contributed by atoms with E-state index < -0.39 is 0 Å². The van der Waals surface area contributed by atoms with Crippen molar-refractivity contribution >= 4 is 44.4 Å². The third kappa shape index (κ3) is 4.39. The molecule has 0 amide bonds. The van der Waals surface area contributed by atoms with Gasteiger partial charge in [-0.3, -0.25) is 4.98 Å². The maximum Gasteiger partial charge on any atom is 0.116 e. The molecule has 0 radical (unpaired) electrons.